The first-order chi connectivity index (χ1) is 12.3. The number of benzene rings is 2. The second-order valence-electron chi connectivity index (χ2n) is 5.08. The highest BCUT2D eigenvalue weighted by atomic mass is 16.3. The minimum Gasteiger partial charge on any atom is -0.436 e. The first-order valence-corrected chi connectivity index (χ1v) is 7.41. The summed E-state index contributed by atoms with van der Waals surface area (Å²) in [6.07, 6.45) is 1.52. The zero-order valence-corrected chi connectivity index (χ0v) is 12.8. The van der Waals surface area contributed by atoms with E-state index in [1.54, 1.807) is 0 Å². The van der Waals surface area contributed by atoms with Crippen LogP contribution in [0, 0.1) is 11.3 Å². The van der Waals surface area contributed by atoms with Crippen molar-refractivity contribution in [2.45, 2.75) is 0 Å². The molecule has 120 valence electrons. The molecule has 2 aromatic carbocycles. The van der Waals surface area contributed by atoms with E-state index in [9.17, 15) is 5.26 Å². The summed E-state index contributed by atoms with van der Waals surface area (Å²) in [7, 11) is 0. The second-order valence-corrected chi connectivity index (χ2v) is 5.08. The van der Waals surface area contributed by atoms with Crippen LogP contribution < -0.4 is 5.32 Å². The highest BCUT2D eigenvalue weighted by Crippen LogP contribution is 2.30. The van der Waals surface area contributed by atoms with E-state index in [1.165, 1.54) is 6.20 Å². The Morgan fingerprint density at radius 2 is 2.00 bits per heavy atom. The number of para-hydroxylation sites is 3. The summed E-state index contributed by atoms with van der Waals surface area (Å²) < 4.78 is 5.82. The lowest BCUT2D eigenvalue weighted by molar-refractivity contribution is 0.620. The van der Waals surface area contributed by atoms with Gasteiger partial charge in [-0.3, -0.25) is 0 Å². The number of hydrogen-bond donors (Lipinski definition) is 2. The number of aromatic amines is 1. The molecule has 0 saturated carbocycles. The van der Waals surface area contributed by atoms with E-state index >= 15 is 0 Å². The van der Waals surface area contributed by atoms with E-state index in [-0.39, 0.29) is 11.4 Å². The van der Waals surface area contributed by atoms with Gasteiger partial charge < -0.3 is 9.73 Å². The molecule has 0 radical (unpaired) electrons. The van der Waals surface area contributed by atoms with Crippen molar-refractivity contribution in [2.24, 2.45) is 0 Å². The van der Waals surface area contributed by atoms with Crippen molar-refractivity contribution in [3.8, 4) is 17.5 Å². The maximum atomic E-state index is 9.25. The lowest BCUT2D eigenvalue weighted by Crippen LogP contribution is -1.95. The topological polar surface area (TPSA) is 116 Å². The van der Waals surface area contributed by atoms with Crippen LogP contribution in [0.2, 0.25) is 0 Å². The van der Waals surface area contributed by atoms with E-state index < -0.39 is 0 Å². The predicted octanol–water partition coefficient (Wildman–Crippen LogP) is 2.98. The maximum absolute atomic E-state index is 9.25. The maximum Gasteiger partial charge on any atom is 0.229 e. The number of nitrogens with zero attached hydrogens (tertiary/aromatic N) is 5. The summed E-state index contributed by atoms with van der Waals surface area (Å²) in [6, 6.07) is 17.1. The summed E-state index contributed by atoms with van der Waals surface area (Å²) in [5.74, 6) is 0.713. The van der Waals surface area contributed by atoms with Gasteiger partial charge >= 0.3 is 0 Å². The molecule has 8 nitrogen and oxygen atoms in total. The van der Waals surface area contributed by atoms with Crippen LogP contribution in [0.3, 0.4) is 0 Å². The Morgan fingerprint density at radius 1 is 1.16 bits per heavy atom. The summed E-state index contributed by atoms with van der Waals surface area (Å²) in [5.41, 5.74) is 3.27. The minimum absolute atomic E-state index is 0.217. The van der Waals surface area contributed by atoms with Crippen molar-refractivity contribution in [1.29, 1.82) is 5.26 Å². The molecule has 0 amide bonds. The largest absolute Gasteiger partial charge is 0.436 e. The van der Waals surface area contributed by atoms with Gasteiger partial charge in [0.15, 0.2) is 5.58 Å². The van der Waals surface area contributed by atoms with Gasteiger partial charge in [0.25, 0.3) is 0 Å². The molecule has 25 heavy (non-hydrogen) atoms. The van der Waals surface area contributed by atoms with E-state index in [2.05, 4.69) is 30.9 Å². The molecule has 8 heteroatoms. The lowest BCUT2D eigenvalue weighted by atomic mass is 10.1. The number of nitrogens with one attached hydrogen (secondary N) is 2. The van der Waals surface area contributed by atoms with Crippen LogP contribution in [0.4, 0.5) is 5.69 Å². The Kier molecular flexibility index (Phi) is 3.65. The van der Waals surface area contributed by atoms with Gasteiger partial charge in [-0.25, -0.2) is 4.98 Å². The van der Waals surface area contributed by atoms with Gasteiger partial charge in [-0.2, -0.15) is 10.5 Å². The number of fused-ring (bicyclic) bond motifs is 1. The SMILES string of the molecule is N#CC(=CNc1ccccc1-c1nc2ccccc2o1)c1nn[nH]n1. The van der Waals surface area contributed by atoms with Crippen molar-refractivity contribution >= 4 is 22.4 Å². The highest BCUT2D eigenvalue weighted by Gasteiger charge is 2.12. The van der Waals surface area contributed by atoms with Crippen LogP contribution in [0.15, 0.2) is 59.1 Å². The van der Waals surface area contributed by atoms with Gasteiger partial charge in [0.05, 0.1) is 11.3 Å². The number of allylic oxidation sites excluding steroid dienone is 1. The van der Waals surface area contributed by atoms with E-state index in [0.717, 1.165) is 16.8 Å². The third-order valence-electron chi connectivity index (χ3n) is 3.53. The van der Waals surface area contributed by atoms with Crippen LogP contribution in [-0.4, -0.2) is 25.6 Å². The number of oxazole rings is 1. The molecule has 4 aromatic rings. The number of rotatable bonds is 4. The quantitative estimate of drug-likeness (QED) is 0.553. The van der Waals surface area contributed by atoms with Gasteiger partial charge in [0, 0.05) is 6.20 Å². The number of nitriles is 1. The van der Waals surface area contributed by atoms with Gasteiger partial charge in [-0.05, 0) is 29.5 Å². The molecule has 0 aliphatic heterocycles. The molecule has 0 fully saturated rings. The lowest BCUT2D eigenvalue weighted by Gasteiger charge is -2.06. The minimum atomic E-state index is 0.217. The highest BCUT2D eigenvalue weighted by molar-refractivity contribution is 5.82. The van der Waals surface area contributed by atoms with Crippen molar-refractivity contribution in [1.82, 2.24) is 25.6 Å². The van der Waals surface area contributed by atoms with E-state index in [1.807, 2.05) is 54.6 Å². The standard InChI is InChI=1S/C17H11N7O/c18-9-11(16-21-23-24-22-16)10-19-13-6-2-1-5-12(13)17-20-14-7-3-4-8-15(14)25-17/h1-8,10,19H,(H,21,22,23,24). The molecule has 0 unspecified atom stereocenters. The molecule has 0 spiro atoms. The van der Waals surface area contributed by atoms with E-state index in [4.69, 9.17) is 4.42 Å². The molecular formula is C17H11N7O. The van der Waals surface area contributed by atoms with Gasteiger partial charge in [0.1, 0.15) is 17.2 Å². The molecule has 2 aromatic heterocycles. The van der Waals surface area contributed by atoms with Crippen LogP contribution in [0.25, 0.3) is 28.1 Å². The van der Waals surface area contributed by atoms with Crippen molar-refractivity contribution in [2.75, 3.05) is 5.32 Å². The average molecular weight is 329 g/mol. The van der Waals surface area contributed by atoms with Crippen LogP contribution in [0.1, 0.15) is 5.82 Å². The summed E-state index contributed by atoms with van der Waals surface area (Å²) in [4.78, 5) is 4.51. The molecule has 0 atom stereocenters. The number of H-pyrrole nitrogens is 1. The average Bonchev–Trinajstić information content (AvgIpc) is 3.32. The zero-order valence-electron chi connectivity index (χ0n) is 12.8. The van der Waals surface area contributed by atoms with Crippen LogP contribution in [-0.2, 0) is 0 Å². The Morgan fingerprint density at radius 3 is 2.80 bits per heavy atom. The molecule has 2 heterocycles. The molecule has 4 rings (SSSR count). The van der Waals surface area contributed by atoms with Crippen LogP contribution in [0.5, 0.6) is 0 Å². The Bertz CT molecular complexity index is 1060. The normalized spacial score (nSPS) is 11.4. The van der Waals surface area contributed by atoms with Gasteiger partial charge in [-0.1, -0.05) is 24.3 Å². The molecule has 0 bridgehead atoms. The van der Waals surface area contributed by atoms with Gasteiger partial charge in [0.2, 0.25) is 11.7 Å². The fourth-order valence-electron chi connectivity index (χ4n) is 2.36. The summed E-state index contributed by atoms with van der Waals surface area (Å²) in [5, 5.41) is 25.7. The van der Waals surface area contributed by atoms with E-state index in [0.29, 0.717) is 11.5 Å². The third-order valence-corrected chi connectivity index (χ3v) is 3.53. The fraction of sp³-hybridized carbons (Fsp3) is 0. The van der Waals surface area contributed by atoms with Crippen molar-refractivity contribution in [3.05, 3.63) is 60.6 Å². The molecular weight excluding hydrogens is 318 g/mol. The third kappa shape index (κ3) is 2.82. The number of hydrogen-bond acceptors (Lipinski definition) is 7. The molecule has 0 saturated heterocycles. The van der Waals surface area contributed by atoms with Crippen LogP contribution >= 0.6 is 0 Å². The molecule has 2 N–H and O–H groups in total. The van der Waals surface area contributed by atoms with Crippen molar-refractivity contribution in [3.63, 3.8) is 0 Å². The zero-order chi connectivity index (χ0) is 17.1. The first kappa shape index (κ1) is 14.6. The Hall–Kier alpha value is -3.99. The molecule has 0 aliphatic carbocycles. The first-order valence-electron chi connectivity index (χ1n) is 7.41. The number of anilines is 1. The van der Waals surface area contributed by atoms with Crippen molar-refractivity contribution < 1.29 is 4.42 Å². The monoisotopic (exact) mass is 329 g/mol. The fourth-order valence-corrected chi connectivity index (χ4v) is 2.36. The Balaban J connectivity index is 1.71. The number of aromatic nitrogens is 5. The summed E-state index contributed by atoms with van der Waals surface area (Å²) in [6.45, 7) is 0. The molecule has 0 aliphatic rings. The predicted molar refractivity (Wildman–Crippen MR) is 90.8 cm³/mol. The Labute approximate surface area is 141 Å². The summed E-state index contributed by atoms with van der Waals surface area (Å²) >= 11 is 0. The second kappa shape index (κ2) is 6.25. The smallest absolute Gasteiger partial charge is 0.229 e. The number of tetrazole rings is 1. The van der Waals surface area contributed by atoms with Gasteiger partial charge in [-0.15, -0.1) is 10.2 Å².